The highest BCUT2D eigenvalue weighted by molar-refractivity contribution is 5.75. The lowest BCUT2D eigenvalue weighted by atomic mass is 9.83. The zero-order chi connectivity index (χ0) is 14.0. The van der Waals surface area contributed by atoms with E-state index in [4.69, 9.17) is 0 Å². The lowest BCUT2D eigenvalue weighted by Gasteiger charge is -2.46. The second-order valence-corrected chi connectivity index (χ2v) is 6.81. The van der Waals surface area contributed by atoms with Crippen molar-refractivity contribution in [1.29, 1.82) is 0 Å². The van der Waals surface area contributed by atoms with Crippen LogP contribution in [0.25, 0.3) is 0 Å². The molecule has 4 heteroatoms. The number of likely N-dealkylation sites (tertiary alicyclic amines) is 2. The minimum Gasteiger partial charge on any atom is -0.396 e. The third kappa shape index (κ3) is 3.04. The Morgan fingerprint density at radius 2 is 1.89 bits per heavy atom. The molecule has 3 atom stereocenters. The maximum absolute atomic E-state index is 12.7. The van der Waals surface area contributed by atoms with Crippen molar-refractivity contribution in [3.8, 4) is 0 Å². The fourth-order valence-electron chi connectivity index (χ4n) is 3.57. The number of aliphatic hydroxyl groups is 1. The van der Waals surface area contributed by atoms with Crippen LogP contribution in [0.3, 0.4) is 0 Å². The number of carbonyl (C=O) groups is 1. The summed E-state index contributed by atoms with van der Waals surface area (Å²) in [5.41, 5.74) is -0.115. The van der Waals surface area contributed by atoms with Crippen molar-refractivity contribution in [2.45, 2.75) is 65.0 Å². The molecule has 2 aliphatic heterocycles. The minimum absolute atomic E-state index is 0.115. The quantitative estimate of drug-likeness (QED) is 0.794. The van der Waals surface area contributed by atoms with Gasteiger partial charge in [-0.25, -0.2) is 4.79 Å². The van der Waals surface area contributed by atoms with Crippen molar-refractivity contribution in [3.05, 3.63) is 0 Å². The molecule has 19 heavy (non-hydrogen) atoms. The minimum atomic E-state index is -0.115. The fourth-order valence-corrected chi connectivity index (χ4v) is 3.57. The van der Waals surface area contributed by atoms with Crippen LogP contribution in [0.1, 0.15) is 52.9 Å². The third-order valence-electron chi connectivity index (χ3n) is 4.85. The van der Waals surface area contributed by atoms with Crippen LogP contribution < -0.4 is 0 Å². The predicted octanol–water partition coefficient (Wildman–Crippen LogP) is 2.46. The van der Waals surface area contributed by atoms with E-state index in [0.29, 0.717) is 18.6 Å². The summed E-state index contributed by atoms with van der Waals surface area (Å²) in [6.07, 6.45) is 5.46. The van der Waals surface area contributed by atoms with Gasteiger partial charge in [-0.05, 0) is 46.0 Å². The van der Waals surface area contributed by atoms with Gasteiger partial charge in [-0.3, -0.25) is 0 Å². The van der Waals surface area contributed by atoms with Gasteiger partial charge in [0.2, 0.25) is 0 Å². The smallest absolute Gasteiger partial charge is 0.320 e. The maximum atomic E-state index is 12.7. The number of aliphatic hydroxyl groups excluding tert-OH is 1. The third-order valence-corrected chi connectivity index (χ3v) is 4.85. The number of hydrogen-bond acceptors (Lipinski definition) is 2. The Morgan fingerprint density at radius 1 is 1.26 bits per heavy atom. The highest BCUT2D eigenvalue weighted by Gasteiger charge is 2.37. The summed E-state index contributed by atoms with van der Waals surface area (Å²) in [7, 11) is 0. The van der Waals surface area contributed by atoms with E-state index in [2.05, 4.69) is 25.7 Å². The largest absolute Gasteiger partial charge is 0.396 e. The SMILES string of the molecule is CC1CCCC(C)N1C(=O)N1CCCC(C)(CO)C1. The molecule has 0 aromatic heterocycles. The van der Waals surface area contributed by atoms with E-state index in [9.17, 15) is 9.90 Å². The molecule has 3 unspecified atom stereocenters. The molecule has 2 fully saturated rings. The normalized spacial score (nSPS) is 36.4. The van der Waals surface area contributed by atoms with Crippen molar-refractivity contribution in [2.24, 2.45) is 5.41 Å². The molecule has 0 aromatic carbocycles. The van der Waals surface area contributed by atoms with Gasteiger partial charge >= 0.3 is 6.03 Å². The highest BCUT2D eigenvalue weighted by Crippen LogP contribution is 2.31. The Hall–Kier alpha value is -0.770. The summed E-state index contributed by atoms with van der Waals surface area (Å²) in [6, 6.07) is 0.871. The van der Waals surface area contributed by atoms with Crippen molar-refractivity contribution < 1.29 is 9.90 Å². The van der Waals surface area contributed by atoms with Crippen LogP contribution in [-0.4, -0.2) is 52.7 Å². The lowest BCUT2D eigenvalue weighted by Crippen LogP contribution is -2.56. The Labute approximate surface area is 116 Å². The average Bonchev–Trinajstić information content (AvgIpc) is 2.38. The van der Waals surface area contributed by atoms with Crippen LogP contribution in [-0.2, 0) is 0 Å². The predicted molar refractivity (Wildman–Crippen MR) is 76.0 cm³/mol. The van der Waals surface area contributed by atoms with E-state index in [0.717, 1.165) is 32.2 Å². The number of amides is 2. The maximum Gasteiger partial charge on any atom is 0.320 e. The Morgan fingerprint density at radius 3 is 2.47 bits per heavy atom. The summed E-state index contributed by atoms with van der Waals surface area (Å²) in [5.74, 6) is 0. The van der Waals surface area contributed by atoms with Gasteiger partial charge in [-0.2, -0.15) is 0 Å². The molecule has 2 saturated heterocycles. The molecule has 0 radical (unpaired) electrons. The molecule has 2 rings (SSSR count). The molecule has 0 saturated carbocycles. The molecular formula is C15H28N2O2. The van der Waals surface area contributed by atoms with E-state index in [1.165, 1.54) is 6.42 Å². The Balaban J connectivity index is 2.06. The van der Waals surface area contributed by atoms with Crippen molar-refractivity contribution in [2.75, 3.05) is 19.7 Å². The molecule has 2 amide bonds. The Bertz CT molecular complexity index is 324. The highest BCUT2D eigenvalue weighted by atomic mass is 16.3. The Kier molecular flexibility index (Phi) is 4.39. The lowest BCUT2D eigenvalue weighted by molar-refractivity contribution is 0.0356. The van der Waals surface area contributed by atoms with Crippen molar-refractivity contribution in [1.82, 2.24) is 9.80 Å². The number of urea groups is 1. The average molecular weight is 268 g/mol. The first kappa shape index (κ1) is 14.6. The second-order valence-electron chi connectivity index (χ2n) is 6.81. The van der Waals surface area contributed by atoms with Crippen LogP contribution >= 0.6 is 0 Å². The van der Waals surface area contributed by atoms with Gasteiger partial charge in [0, 0.05) is 30.6 Å². The molecule has 4 nitrogen and oxygen atoms in total. The fraction of sp³-hybridized carbons (Fsp3) is 0.933. The number of carbonyl (C=O) groups excluding carboxylic acids is 1. The number of rotatable bonds is 1. The molecule has 2 heterocycles. The van der Waals surface area contributed by atoms with Crippen LogP contribution in [0.5, 0.6) is 0 Å². The van der Waals surface area contributed by atoms with E-state index in [1.54, 1.807) is 0 Å². The first-order chi connectivity index (χ1) is 8.97. The number of piperidine rings is 2. The van der Waals surface area contributed by atoms with E-state index < -0.39 is 0 Å². The van der Waals surface area contributed by atoms with Gasteiger partial charge in [0.05, 0.1) is 6.61 Å². The van der Waals surface area contributed by atoms with Crippen molar-refractivity contribution >= 4 is 6.03 Å². The zero-order valence-electron chi connectivity index (χ0n) is 12.6. The topological polar surface area (TPSA) is 43.8 Å². The van der Waals surface area contributed by atoms with E-state index >= 15 is 0 Å². The molecule has 0 aliphatic carbocycles. The van der Waals surface area contributed by atoms with Gasteiger partial charge < -0.3 is 14.9 Å². The van der Waals surface area contributed by atoms with E-state index in [-0.39, 0.29) is 18.1 Å². The first-order valence-corrected chi connectivity index (χ1v) is 7.65. The monoisotopic (exact) mass is 268 g/mol. The van der Waals surface area contributed by atoms with Gasteiger partial charge in [-0.15, -0.1) is 0 Å². The molecule has 0 spiro atoms. The molecule has 2 aliphatic rings. The molecule has 1 N–H and O–H groups in total. The summed E-state index contributed by atoms with van der Waals surface area (Å²) < 4.78 is 0. The standard InChI is InChI=1S/C15H28N2O2/c1-12-6-4-7-13(2)17(12)14(19)16-9-5-8-15(3,10-16)11-18/h12-13,18H,4-11H2,1-3H3. The summed E-state index contributed by atoms with van der Waals surface area (Å²) in [4.78, 5) is 16.8. The van der Waals surface area contributed by atoms with Crippen molar-refractivity contribution in [3.63, 3.8) is 0 Å². The zero-order valence-corrected chi connectivity index (χ0v) is 12.6. The number of nitrogens with zero attached hydrogens (tertiary/aromatic N) is 2. The van der Waals surface area contributed by atoms with Gasteiger partial charge in [-0.1, -0.05) is 6.92 Å². The molecular weight excluding hydrogens is 240 g/mol. The summed E-state index contributed by atoms with van der Waals surface area (Å²) >= 11 is 0. The van der Waals surface area contributed by atoms with Gasteiger partial charge in [0.1, 0.15) is 0 Å². The molecule has 110 valence electrons. The second kappa shape index (κ2) is 5.70. The van der Waals surface area contributed by atoms with Crippen LogP contribution in [0.4, 0.5) is 4.79 Å². The van der Waals surface area contributed by atoms with Crippen LogP contribution in [0, 0.1) is 5.41 Å². The summed E-state index contributed by atoms with van der Waals surface area (Å²) in [6.45, 7) is 8.09. The molecule has 0 aromatic rings. The van der Waals surface area contributed by atoms with Gasteiger partial charge in [0.15, 0.2) is 0 Å². The first-order valence-electron chi connectivity index (χ1n) is 7.65. The van der Waals surface area contributed by atoms with Crippen LogP contribution in [0.2, 0.25) is 0 Å². The van der Waals surface area contributed by atoms with E-state index in [1.807, 2.05) is 4.90 Å². The van der Waals surface area contributed by atoms with Gasteiger partial charge in [0.25, 0.3) is 0 Å². The summed E-state index contributed by atoms with van der Waals surface area (Å²) in [5, 5.41) is 9.51. The molecule has 0 bridgehead atoms. The number of hydrogen-bond donors (Lipinski definition) is 1. The van der Waals surface area contributed by atoms with Crippen LogP contribution in [0.15, 0.2) is 0 Å².